The zero-order valence-corrected chi connectivity index (χ0v) is 18.9. The number of anilines is 2. The standard InChI is InChI=1S/C20H19N5O5S2/c1-12-5-6-15(11-18(12)25(27)28)19(26)24-9-3-4-14-10-16(7-8-17(14)24)32(29,30)23-20-22-21-13(2)31-20/h5-8,10-11H,3-4,9H2,1-2H3,(H,22,23). The van der Waals surface area contributed by atoms with Gasteiger partial charge in [0.2, 0.25) is 5.13 Å². The summed E-state index contributed by atoms with van der Waals surface area (Å²) in [6.45, 7) is 3.77. The number of nitrogens with zero attached hydrogens (tertiary/aromatic N) is 4. The highest BCUT2D eigenvalue weighted by molar-refractivity contribution is 7.93. The van der Waals surface area contributed by atoms with E-state index < -0.39 is 14.9 Å². The van der Waals surface area contributed by atoms with Crippen molar-refractivity contribution in [2.24, 2.45) is 0 Å². The van der Waals surface area contributed by atoms with Crippen LogP contribution in [0.3, 0.4) is 0 Å². The van der Waals surface area contributed by atoms with Gasteiger partial charge in [0, 0.05) is 29.4 Å². The fourth-order valence-electron chi connectivity index (χ4n) is 3.56. The Labute approximate surface area is 188 Å². The number of nitro benzene ring substituents is 1. The van der Waals surface area contributed by atoms with Crippen molar-refractivity contribution in [1.29, 1.82) is 0 Å². The molecule has 4 rings (SSSR count). The molecule has 32 heavy (non-hydrogen) atoms. The van der Waals surface area contributed by atoms with Gasteiger partial charge >= 0.3 is 0 Å². The van der Waals surface area contributed by atoms with Crippen LogP contribution in [0.2, 0.25) is 0 Å². The molecular formula is C20H19N5O5S2. The fourth-order valence-corrected chi connectivity index (χ4v) is 5.43. The maximum absolute atomic E-state index is 13.1. The predicted octanol–water partition coefficient (Wildman–Crippen LogP) is 3.46. The summed E-state index contributed by atoms with van der Waals surface area (Å²) in [4.78, 5) is 25.5. The molecule has 3 aromatic rings. The van der Waals surface area contributed by atoms with Crippen LogP contribution in [0, 0.1) is 24.0 Å². The highest BCUT2D eigenvalue weighted by Crippen LogP contribution is 2.32. The fraction of sp³-hybridized carbons (Fsp3) is 0.250. The van der Waals surface area contributed by atoms with Crippen LogP contribution in [0.1, 0.15) is 32.9 Å². The van der Waals surface area contributed by atoms with Gasteiger partial charge in [-0.2, -0.15) is 0 Å². The molecule has 0 spiro atoms. The molecule has 166 valence electrons. The molecule has 0 unspecified atom stereocenters. The van der Waals surface area contributed by atoms with E-state index in [0.717, 1.165) is 11.3 Å². The largest absolute Gasteiger partial charge is 0.308 e. The quantitative estimate of drug-likeness (QED) is 0.443. The average Bonchev–Trinajstić information content (AvgIpc) is 3.16. The van der Waals surface area contributed by atoms with E-state index in [1.807, 2.05) is 0 Å². The van der Waals surface area contributed by atoms with E-state index in [4.69, 9.17) is 0 Å². The second-order valence-corrected chi connectivity index (χ2v) is 10.2. The smallest absolute Gasteiger partial charge is 0.273 e. The first-order chi connectivity index (χ1) is 15.2. The molecule has 0 fully saturated rings. The Morgan fingerprint density at radius 2 is 1.97 bits per heavy atom. The van der Waals surface area contributed by atoms with E-state index in [9.17, 15) is 23.3 Å². The monoisotopic (exact) mass is 473 g/mol. The first-order valence-electron chi connectivity index (χ1n) is 9.68. The van der Waals surface area contributed by atoms with E-state index in [1.54, 1.807) is 38.1 Å². The zero-order valence-electron chi connectivity index (χ0n) is 17.2. The lowest BCUT2D eigenvalue weighted by molar-refractivity contribution is -0.385. The summed E-state index contributed by atoms with van der Waals surface area (Å²) in [6.07, 6.45) is 1.24. The minimum atomic E-state index is -3.86. The summed E-state index contributed by atoms with van der Waals surface area (Å²) < 4.78 is 27.9. The highest BCUT2D eigenvalue weighted by atomic mass is 32.2. The summed E-state index contributed by atoms with van der Waals surface area (Å²) in [5.74, 6) is -0.368. The van der Waals surface area contributed by atoms with Gasteiger partial charge in [0.1, 0.15) is 5.01 Å². The number of benzene rings is 2. The van der Waals surface area contributed by atoms with Crippen LogP contribution in [0.5, 0.6) is 0 Å². The lowest BCUT2D eigenvalue weighted by Crippen LogP contribution is -2.35. The van der Waals surface area contributed by atoms with Gasteiger partial charge in [-0.1, -0.05) is 17.4 Å². The van der Waals surface area contributed by atoms with Gasteiger partial charge < -0.3 is 4.90 Å². The summed E-state index contributed by atoms with van der Waals surface area (Å²) in [5.41, 5.74) is 1.86. The van der Waals surface area contributed by atoms with Gasteiger partial charge in [0.25, 0.3) is 21.6 Å². The summed E-state index contributed by atoms with van der Waals surface area (Å²) in [5, 5.41) is 19.6. The zero-order chi connectivity index (χ0) is 23.0. The Morgan fingerprint density at radius 3 is 2.66 bits per heavy atom. The molecule has 0 radical (unpaired) electrons. The SMILES string of the molecule is Cc1nnc(NS(=O)(=O)c2ccc3c(c2)CCCN3C(=O)c2ccc(C)c([N+](=O)[O-])c2)s1. The van der Waals surface area contributed by atoms with Crippen molar-refractivity contribution in [3.8, 4) is 0 Å². The molecule has 1 amide bonds. The van der Waals surface area contributed by atoms with Crippen molar-refractivity contribution >= 4 is 43.8 Å². The summed E-state index contributed by atoms with van der Waals surface area (Å²) in [6, 6.07) is 8.95. The number of hydrogen-bond donors (Lipinski definition) is 1. The molecular weight excluding hydrogens is 454 g/mol. The molecule has 1 aromatic heterocycles. The Morgan fingerprint density at radius 1 is 1.19 bits per heavy atom. The normalized spacial score (nSPS) is 13.5. The average molecular weight is 474 g/mol. The van der Waals surface area contributed by atoms with Crippen molar-refractivity contribution in [3.05, 3.63) is 68.2 Å². The van der Waals surface area contributed by atoms with Gasteiger partial charge in [-0.15, -0.1) is 10.2 Å². The third-order valence-electron chi connectivity index (χ3n) is 5.13. The van der Waals surface area contributed by atoms with Crippen LogP contribution in [0.15, 0.2) is 41.3 Å². The van der Waals surface area contributed by atoms with Crippen LogP contribution in [0.25, 0.3) is 0 Å². The van der Waals surface area contributed by atoms with Crippen molar-refractivity contribution in [2.75, 3.05) is 16.2 Å². The number of aromatic nitrogens is 2. The van der Waals surface area contributed by atoms with Crippen molar-refractivity contribution in [2.45, 2.75) is 31.6 Å². The molecule has 0 saturated carbocycles. The van der Waals surface area contributed by atoms with Gasteiger partial charge in [0.05, 0.1) is 9.82 Å². The molecule has 1 N–H and O–H groups in total. The first-order valence-corrected chi connectivity index (χ1v) is 12.0. The minimum absolute atomic E-state index is 0.0596. The maximum Gasteiger partial charge on any atom is 0.273 e. The maximum atomic E-state index is 13.1. The number of aryl methyl sites for hydroxylation is 3. The van der Waals surface area contributed by atoms with E-state index in [1.165, 1.54) is 17.0 Å². The Hall–Kier alpha value is -3.38. The lowest BCUT2D eigenvalue weighted by Gasteiger charge is -2.30. The molecule has 1 aliphatic rings. The topological polar surface area (TPSA) is 135 Å². The Kier molecular flexibility index (Phi) is 5.65. The first kappa shape index (κ1) is 21.8. The van der Waals surface area contributed by atoms with Crippen LogP contribution in [-0.4, -0.2) is 36.0 Å². The van der Waals surface area contributed by atoms with Crippen molar-refractivity contribution in [3.63, 3.8) is 0 Å². The number of hydrogen-bond acceptors (Lipinski definition) is 8. The number of carbonyl (C=O) groups is 1. The molecule has 0 aliphatic carbocycles. The molecule has 1 aliphatic heterocycles. The second-order valence-electron chi connectivity index (χ2n) is 7.34. The molecule has 0 atom stereocenters. The third kappa shape index (κ3) is 4.18. The number of fused-ring (bicyclic) bond motifs is 1. The van der Waals surface area contributed by atoms with Crippen LogP contribution in [0.4, 0.5) is 16.5 Å². The number of nitro groups is 1. The van der Waals surface area contributed by atoms with E-state index in [0.29, 0.717) is 41.2 Å². The number of carbonyl (C=O) groups excluding carboxylic acids is 1. The molecule has 12 heteroatoms. The lowest BCUT2D eigenvalue weighted by atomic mass is 10.0. The predicted molar refractivity (Wildman–Crippen MR) is 120 cm³/mol. The van der Waals surface area contributed by atoms with Crippen LogP contribution >= 0.6 is 11.3 Å². The van der Waals surface area contributed by atoms with Gasteiger partial charge in [0.15, 0.2) is 0 Å². The molecule has 10 nitrogen and oxygen atoms in total. The van der Waals surface area contributed by atoms with Gasteiger partial charge in [-0.25, -0.2) is 8.42 Å². The number of sulfonamides is 1. The molecule has 2 aromatic carbocycles. The second kappa shape index (κ2) is 8.28. The highest BCUT2D eigenvalue weighted by Gasteiger charge is 2.27. The van der Waals surface area contributed by atoms with Crippen molar-refractivity contribution < 1.29 is 18.1 Å². The van der Waals surface area contributed by atoms with E-state index in [2.05, 4.69) is 14.9 Å². The Bertz CT molecular complexity index is 1340. The Balaban J connectivity index is 1.64. The van der Waals surface area contributed by atoms with E-state index >= 15 is 0 Å². The van der Waals surface area contributed by atoms with Crippen LogP contribution < -0.4 is 9.62 Å². The summed E-state index contributed by atoms with van der Waals surface area (Å²) in [7, 11) is -3.86. The van der Waals surface area contributed by atoms with Crippen molar-refractivity contribution in [1.82, 2.24) is 10.2 Å². The van der Waals surface area contributed by atoms with Gasteiger partial charge in [-0.05, 0) is 56.5 Å². The third-order valence-corrected chi connectivity index (χ3v) is 7.35. The van der Waals surface area contributed by atoms with Crippen LogP contribution in [-0.2, 0) is 16.4 Å². The number of rotatable bonds is 5. The summed E-state index contributed by atoms with van der Waals surface area (Å²) >= 11 is 1.13. The number of amides is 1. The van der Waals surface area contributed by atoms with Gasteiger partial charge in [-0.3, -0.25) is 19.6 Å². The minimum Gasteiger partial charge on any atom is -0.308 e. The molecule has 0 saturated heterocycles. The van der Waals surface area contributed by atoms with E-state index in [-0.39, 0.29) is 27.2 Å². The molecule has 0 bridgehead atoms. The molecule has 2 heterocycles. The number of nitrogens with one attached hydrogen (secondary N) is 1.